The Kier molecular flexibility index (Phi) is 8.38. The zero-order valence-corrected chi connectivity index (χ0v) is 18.0. The minimum Gasteiger partial charge on any atom is -0.467 e. The van der Waals surface area contributed by atoms with Crippen LogP contribution in [0, 0.1) is 0 Å². The van der Waals surface area contributed by atoms with Crippen molar-refractivity contribution in [1.82, 2.24) is 0 Å². The summed E-state index contributed by atoms with van der Waals surface area (Å²) in [5.74, 6) is -2.78. The maximum atomic E-state index is 12.4. The fourth-order valence-electron chi connectivity index (χ4n) is 3.11. The van der Waals surface area contributed by atoms with Gasteiger partial charge in [0.2, 0.25) is 12.4 Å². The van der Waals surface area contributed by atoms with Crippen LogP contribution in [0.15, 0.2) is 24.3 Å². The van der Waals surface area contributed by atoms with Crippen LogP contribution in [-0.2, 0) is 49.3 Å². The van der Waals surface area contributed by atoms with Crippen molar-refractivity contribution in [3.63, 3.8) is 0 Å². The third-order valence-corrected chi connectivity index (χ3v) is 4.42. The smallest absolute Gasteiger partial charge is 0.339 e. The number of aryl methyl sites for hydroxylation is 1. The van der Waals surface area contributed by atoms with Crippen LogP contribution in [0.5, 0.6) is 5.75 Å². The van der Waals surface area contributed by atoms with Crippen LogP contribution in [0.4, 0.5) is 0 Å². The second-order valence-electron chi connectivity index (χ2n) is 6.79. The van der Waals surface area contributed by atoms with E-state index in [1.807, 2.05) is 19.1 Å². The molecule has 0 saturated carbocycles. The summed E-state index contributed by atoms with van der Waals surface area (Å²) in [6, 6.07) is 7.03. The van der Waals surface area contributed by atoms with Gasteiger partial charge in [-0.15, -0.1) is 0 Å². The summed E-state index contributed by atoms with van der Waals surface area (Å²) in [6.45, 7) is 5.37. The second kappa shape index (κ2) is 10.8. The molecule has 0 N–H and O–H groups in total. The third-order valence-electron chi connectivity index (χ3n) is 4.42. The Labute approximate surface area is 179 Å². The molecule has 0 radical (unpaired) electrons. The molecule has 170 valence electrons. The quantitative estimate of drug-likeness (QED) is 0.455. The molecule has 1 aromatic rings. The molecule has 0 bridgehead atoms. The largest absolute Gasteiger partial charge is 0.467 e. The highest BCUT2D eigenvalue weighted by Crippen LogP contribution is 2.31. The van der Waals surface area contributed by atoms with E-state index in [4.69, 9.17) is 28.4 Å². The molecule has 1 aliphatic rings. The van der Waals surface area contributed by atoms with Gasteiger partial charge >= 0.3 is 23.9 Å². The fraction of sp³-hybridized carbons (Fsp3) is 0.524. The van der Waals surface area contributed by atoms with E-state index in [9.17, 15) is 19.2 Å². The lowest BCUT2D eigenvalue weighted by molar-refractivity contribution is -0.282. The highest BCUT2D eigenvalue weighted by atomic mass is 16.7. The van der Waals surface area contributed by atoms with Gasteiger partial charge < -0.3 is 28.4 Å². The molecule has 1 heterocycles. The van der Waals surface area contributed by atoms with Gasteiger partial charge in [-0.2, -0.15) is 0 Å². The predicted molar refractivity (Wildman–Crippen MR) is 104 cm³/mol. The molecule has 0 aromatic heterocycles. The number of rotatable bonds is 7. The molecule has 1 fully saturated rings. The summed E-state index contributed by atoms with van der Waals surface area (Å²) in [5.41, 5.74) is 1.06. The lowest BCUT2D eigenvalue weighted by atomic mass is 9.97. The standard InChI is InChI=1S/C21H26O10/c1-6-14-7-9-15(10-8-14)30-21-19(29-13(4)24)17(28-12(3)23)16(27-11(2)22)18(31-21)20(25)26-5/h7-10,16-19,21H,6H2,1-5H3/t16-,17+,18+,19+,21-/m0/s1. The first-order valence-corrected chi connectivity index (χ1v) is 9.66. The average Bonchev–Trinajstić information content (AvgIpc) is 2.71. The van der Waals surface area contributed by atoms with Crippen molar-refractivity contribution >= 4 is 23.9 Å². The van der Waals surface area contributed by atoms with Gasteiger partial charge in [0, 0.05) is 20.8 Å². The minimum atomic E-state index is -1.50. The molecule has 2 rings (SSSR count). The molecule has 1 saturated heterocycles. The van der Waals surface area contributed by atoms with E-state index in [0.717, 1.165) is 39.9 Å². The Morgan fingerprint density at radius 2 is 1.35 bits per heavy atom. The van der Waals surface area contributed by atoms with Crippen molar-refractivity contribution in [2.45, 2.75) is 64.8 Å². The Morgan fingerprint density at radius 3 is 1.84 bits per heavy atom. The average molecular weight is 438 g/mol. The fourth-order valence-corrected chi connectivity index (χ4v) is 3.11. The van der Waals surface area contributed by atoms with Crippen LogP contribution in [0.2, 0.25) is 0 Å². The van der Waals surface area contributed by atoms with Gasteiger partial charge in [-0.25, -0.2) is 4.79 Å². The summed E-state index contributed by atoms with van der Waals surface area (Å²) in [4.78, 5) is 47.5. The Hall–Kier alpha value is -3.14. The predicted octanol–water partition coefficient (Wildman–Crippen LogP) is 1.32. The summed E-state index contributed by atoms with van der Waals surface area (Å²) < 4.78 is 32.0. The maximum Gasteiger partial charge on any atom is 0.339 e. The molecule has 0 aliphatic carbocycles. The number of carbonyl (C=O) groups is 4. The maximum absolute atomic E-state index is 12.4. The molecular weight excluding hydrogens is 412 g/mol. The van der Waals surface area contributed by atoms with Crippen LogP contribution >= 0.6 is 0 Å². The summed E-state index contributed by atoms with van der Waals surface area (Å²) in [5, 5.41) is 0. The third kappa shape index (κ3) is 6.42. The highest BCUT2D eigenvalue weighted by Gasteiger charge is 2.55. The molecule has 0 spiro atoms. The summed E-state index contributed by atoms with van der Waals surface area (Å²) >= 11 is 0. The van der Waals surface area contributed by atoms with Crippen molar-refractivity contribution in [3.05, 3.63) is 29.8 Å². The molecule has 10 nitrogen and oxygen atoms in total. The zero-order valence-electron chi connectivity index (χ0n) is 18.0. The van der Waals surface area contributed by atoms with E-state index < -0.39 is 54.6 Å². The molecule has 0 amide bonds. The number of methoxy groups -OCH3 is 1. The minimum absolute atomic E-state index is 0.357. The van der Waals surface area contributed by atoms with E-state index in [2.05, 4.69) is 0 Å². The van der Waals surface area contributed by atoms with Gasteiger partial charge in [0.25, 0.3) is 0 Å². The van der Waals surface area contributed by atoms with Gasteiger partial charge in [-0.3, -0.25) is 14.4 Å². The van der Waals surface area contributed by atoms with Crippen LogP contribution in [0.25, 0.3) is 0 Å². The molecule has 1 aliphatic heterocycles. The first-order valence-electron chi connectivity index (χ1n) is 9.66. The van der Waals surface area contributed by atoms with Crippen LogP contribution in [0.1, 0.15) is 33.3 Å². The summed E-state index contributed by atoms with van der Waals surface area (Å²) in [6.07, 6.45) is -6.19. The number of esters is 4. The number of hydrogen-bond donors (Lipinski definition) is 0. The lowest BCUT2D eigenvalue weighted by Gasteiger charge is -2.43. The first-order chi connectivity index (χ1) is 14.7. The van der Waals surface area contributed by atoms with Crippen LogP contribution in [-0.4, -0.2) is 61.7 Å². The topological polar surface area (TPSA) is 124 Å². The molecule has 31 heavy (non-hydrogen) atoms. The van der Waals surface area contributed by atoms with E-state index >= 15 is 0 Å². The highest BCUT2D eigenvalue weighted by molar-refractivity contribution is 5.77. The molecule has 1 aromatic carbocycles. The van der Waals surface area contributed by atoms with Crippen molar-refractivity contribution in [3.8, 4) is 5.75 Å². The van der Waals surface area contributed by atoms with Gasteiger partial charge in [-0.05, 0) is 24.1 Å². The van der Waals surface area contributed by atoms with E-state index in [-0.39, 0.29) is 0 Å². The first kappa shape index (κ1) is 24.1. The Balaban J connectivity index is 2.46. The lowest BCUT2D eigenvalue weighted by Crippen LogP contribution is -2.64. The van der Waals surface area contributed by atoms with Crippen molar-refractivity contribution < 1.29 is 47.6 Å². The summed E-state index contributed by atoms with van der Waals surface area (Å²) in [7, 11) is 1.12. The van der Waals surface area contributed by atoms with Crippen molar-refractivity contribution in [2.75, 3.05) is 7.11 Å². The van der Waals surface area contributed by atoms with E-state index in [0.29, 0.717) is 5.75 Å². The Morgan fingerprint density at radius 1 is 0.839 bits per heavy atom. The monoisotopic (exact) mass is 438 g/mol. The molecule has 10 heteroatoms. The van der Waals surface area contributed by atoms with Gasteiger partial charge in [0.1, 0.15) is 5.75 Å². The second-order valence-corrected chi connectivity index (χ2v) is 6.79. The van der Waals surface area contributed by atoms with Gasteiger partial charge in [-0.1, -0.05) is 19.1 Å². The number of ether oxygens (including phenoxy) is 6. The molecule has 0 unspecified atom stereocenters. The normalized spacial score (nSPS) is 25.1. The molecule has 5 atom stereocenters. The van der Waals surface area contributed by atoms with Gasteiger partial charge in [0.05, 0.1) is 7.11 Å². The van der Waals surface area contributed by atoms with E-state index in [1.54, 1.807) is 12.1 Å². The zero-order chi connectivity index (χ0) is 23.1. The van der Waals surface area contributed by atoms with Crippen LogP contribution in [0.3, 0.4) is 0 Å². The number of carbonyl (C=O) groups excluding carboxylic acids is 4. The van der Waals surface area contributed by atoms with E-state index in [1.165, 1.54) is 0 Å². The number of benzene rings is 1. The van der Waals surface area contributed by atoms with Crippen molar-refractivity contribution in [2.24, 2.45) is 0 Å². The SMILES string of the molecule is CCc1ccc(O[C@H]2O[C@@H](C(=O)OC)[C@@H](OC(C)=O)[C@@H](OC(C)=O)[C@H]2OC(C)=O)cc1. The van der Waals surface area contributed by atoms with Crippen molar-refractivity contribution in [1.29, 1.82) is 0 Å². The number of hydrogen-bond acceptors (Lipinski definition) is 10. The molecular formula is C21H26O10. The Bertz CT molecular complexity index is 803. The van der Waals surface area contributed by atoms with Crippen LogP contribution < -0.4 is 4.74 Å². The van der Waals surface area contributed by atoms with Gasteiger partial charge in [0.15, 0.2) is 18.3 Å².